The molecule has 2 N–H and O–H groups in total. The Morgan fingerprint density at radius 2 is 2.28 bits per heavy atom. The smallest absolute Gasteiger partial charge is 0.201 e. The fourth-order valence-electron chi connectivity index (χ4n) is 1.98. The van der Waals surface area contributed by atoms with Crippen LogP contribution in [0.3, 0.4) is 0 Å². The van der Waals surface area contributed by atoms with Crippen LogP contribution in [0.4, 0.5) is 10.3 Å². The molecule has 1 heterocycles. The second-order valence-electron chi connectivity index (χ2n) is 4.40. The molecule has 2 rings (SSSR count). The molecule has 0 aliphatic carbocycles. The van der Waals surface area contributed by atoms with Gasteiger partial charge in [-0.3, -0.25) is 0 Å². The van der Waals surface area contributed by atoms with Crippen molar-refractivity contribution in [1.29, 1.82) is 0 Å². The summed E-state index contributed by atoms with van der Waals surface area (Å²) in [5, 5.41) is 0. The third kappa shape index (κ3) is 2.64. The number of benzene rings is 1. The zero-order chi connectivity index (χ0) is 13.3. The number of anilines is 1. The predicted molar refractivity (Wildman–Crippen MR) is 79.3 cm³/mol. The van der Waals surface area contributed by atoms with Crippen molar-refractivity contribution >= 4 is 44.7 Å². The summed E-state index contributed by atoms with van der Waals surface area (Å²) >= 11 is 4.95. The largest absolute Gasteiger partial charge is 0.369 e. The fraction of sp³-hybridized carbons (Fsp3) is 0.417. The van der Waals surface area contributed by atoms with E-state index in [0.29, 0.717) is 16.3 Å². The fourth-order valence-corrected chi connectivity index (χ4v) is 2.99. The van der Waals surface area contributed by atoms with E-state index in [4.69, 9.17) is 5.73 Å². The number of imidazole rings is 1. The van der Waals surface area contributed by atoms with Crippen molar-refractivity contribution in [2.45, 2.75) is 13.5 Å². The lowest BCUT2D eigenvalue weighted by Gasteiger charge is -2.12. The Morgan fingerprint density at radius 1 is 1.56 bits per heavy atom. The SMILES string of the molecule is CSCC(C)Cn1c(N)nc2cc(Br)c(F)cc21. The van der Waals surface area contributed by atoms with Crippen molar-refractivity contribution in [2.24, 2.45) is 5.92 Å². The molecule has 2 aromatic rings. The topological polar surface area (TPSA) is 43.8 Å². The zero-order valence-corrected chi connectivity index (χ0v) is 12.7. The zero-order valence-electron chi connectivity index (χ0n) is 10.3. The van der Waals surface area contributed by atoms with Gasteiger partial charge in [-0.1, -0.05) is 6.92 Å². The van der Waals surface area contributed by atoms with Crippen molar-refractivity contribution in [2.75, 3.05) is 17.7 Å². The molecule has 0 aliphatic heterocycles. The molecule has 0 radical (unpaired) electrons. The van der Waals surface area contributed by atoms with Crippen LogP contribution in [0, 0.1) is 11.7 Å². The third-order valence-corrected chi connectivity index (χ3v) is 4.28. The van der Waals surface area contributed by atoms with E-state index in [9.17, 15) is 4.39 Å². The number of nitrogens with two attached hydrogens (primary N) is 1. The molecule has 1 atom stereocenters. The molecular weight excluding hydrogens is 317 g/mol. The van der Waals surface area contributed by atoms with Gasteiger partial charge in [0.05, 0.1) is 15.5 Å². The minimum absolute atomic E-state index is 0.291. The van der Waals surface area contributed by atoms with Crippen LogP contribution in [-0.4, -0.2) is 21.6 Å². The molecule has 98 valence electrons. The summed E-state index contributed by atoms with van der Waals surface area (Å²) in [5.74, 6) is 1.65. The maximum atomic E-state index is 13.6. The lowest BCUT2D eigenvalue weighted by Crippen LogP contribution is -2.12. The van der Waals surface area contributed by atoms with Crippen LogP contribution in [0.25, 0.3) is 11.0 Å². The van der Waals surface area contributed by atoms with Crippen LogP contribution in [0.1, 0.15) is 6.92 Å². The summed E-state index contributed by atoms with van der Waals surface area (Å²) in [6.45, 7) is 2.90. The van der Waals surface area contributed by atoms with Gasteiger partial charge in [0, 0.05) is 12.6 Å². The Morgan fingerprint density at radius 3 is 2.94 bits per heavy atom. The number of nitrogens with zero attached hydrogens (tertiary/aromatic N) is 2. The van der Waals surface area contributed by atoms with Gasteiger partial charge in [0.15, 0.2) is 0 Å². The van der Waals surface area contributed by atoms with Crippen molar-refractivity contribution in [3.05, 3.63) is 22.4 Å². The number of thioether (sulfide) groups is 1. The quantitative estimate of drug-likeness (QED) is 0.932. The summed E-state index contributed by atoms with van der Waals surface area (Å²) in [4.78, 5) is 4.27. The Balaban J connectivity index is 2.43. The average Bonchev–Trinajstić information content (AvgIpc) is 2.57. The van der Waals surface area contributed by atoms with E-state index in [-0.39, 0.29) is 5.82 Å². The van der Waals surface area contributed by atoms with Crippen LogP contribution in [-0.2, 0) is 6.54 Å². The van der Waals surface area contributed by atoms with E-state index in [1.165, 1.54) is 6.07 Å². The van der Waals surface area contributed by atoms with Crippen molar-refractivity contribution < 1.29 is 4.39 Å². The predicted octanol–water partition coefficient (Wildman–Crippen LogP) is 3.52. The van der Waals surface area contributed by atoms with Gasteiger partial charge in [-0.25, -0.2) is 9.37 Å². The Kier molecular flexibility index (Phi) is 4.17. The molecule has 0 saturated heterocycles. The summed E-state index contributed by atoms with van der Waals surface area (Å²) in [7, 11) is 0. The Labute approximate surface area is 118 Å². The minimum atomic E-state index is -0.291. The molecular formula is C12H15BrFN3S. The van der Waals surface area contributed by atoms with Crippen LogP contribution in [0.15, 0.2) is 16.6 Å². The van der Waals surface area contributed by atoms with Crippen molar-refractivity contribution in [3.8, 4) is 0 Å². The van der Waals surface area contributed by atoms with Gasteiger partial charge in [0.2, 0.25) is 5.95 Å². The normalized spacial score (nSPS) is 13.1. The molecule has 3 nitrogen and oxygen atoms in total. The average molecular weight is 332 g/mol. The molecule has 0 amide bonds. The van der Waals surface area contributed by atoms with E-state index in [0.717, 1.165) is 23.3 Å². The van der Waals surface area contributed by atoms with Gasteiger partial charge in [0.1, 0.15) is 5.82 Å². The van der Waals surface area contributed by atoms with Crippen LogP contribution < -0.4 is 5.73 Å². The van der Waals surface area contributed by atoms with Crippen LogP contribution in [0.2, 0.25) is 0 Å². The molecule has 0 fully saturated rings. The van der Waals surface area contributed by atoms with Gasteiger partial charge in [-0.05, 0) is 39.9 Å². The van der Waals surface area contributed by atoms with Gasteiger partial charge in [-0.15, -0.1) is 0 Å². The highest BCUT2D eigenvalue weighted by molar-refractivity contribution is 9.10. The first-order valence-electron chi connectivity index (χ1n) is 5.62. The second kappa shape index (κ2) is 5.48. The second-order valence-corrected chi connectivity index (χ2v) is 6.16. The maximum absolute atomic E-state index is 13.6. The number of fused-ring (bicyclic) bond motifs is 1. The molecule has 6 heteroatoms. The summed E-state index contributed by atoms with van der Waals surface area (Å²) < 4.78 is 15.9. The maximum Gasteiger partial charge on any atom is 0.201 e. The van der Waals surface area contributed by atoms with Crippen LogP contribution in [0.5, 0.6) is 0 Å². The van der Waals surface area contributed by atoms with Gasteiger partial charge >= 0.3 is 0 Å². The molecule has 1 aromatic heterocycles. The molecule has 1 aromatic carbocycles. The van der Waals surface area contributed by atoms with Gasteiger partial charge in [0.25, 0.3) is 0 Å². The molecule has 0 spiro atoms. The number of halogens is 2. The Bertz CT molecular complexity index is 570. The highest BCUT2D eigenvalue weighted by Crippen LogP contribution is 2.26. The van der Waals surface area contributed by atoms with E-state index >= 15 is 0 Å². The Hall–Kier alpha value is -0.750. The molecule has 0 bridgehead atoms. The van der Waals surface area contributed by atoms with Crippen LogP contribution >= 0.6 is 27.7 Å². The van der Waals surface area contributed by atoms with Crippen molar-refractivity contribution in [1.82, 2.24) is 9.55 Å². The first-order chi connectivity index (χ1) is 8.52. The van der Waals surface area contributed by atoms with E-state index in [2.05, 4.69) is 34.1 Å². The summed E-state index contributed by atoms with van der Waals surface area (Å²) in [6, 6.07) is 3.14. The number of nitrogen functional groups attached to an aromatic ring is 1. The van der Waals surface area contributed by atoms with Gasteiger partial charge < -0.3 is 10.3 Å². The lowest BCUT2D eigenvalue weighted by molar-refractivity contribution is 0.545. The first kappa shape index (κ1) is 13.7. The summed E-state index contributed by atoms with van der Waals surface area (Å²) in [6.07, 6.45) is 2.07. The molecule has 1 unspecified atom stereocenters. The minimum Gasteiger partial charge on any atom is -0.369 e. The van der Waals surface area contributed by atoms with Gasteiger partial charge in [-0.2, -0.15) is 11.8 Å². The van der Waals surface area contributed by atoms with E-state index in [1.54, 1.807) is 17.8 Å². The standard InChI is InChI=1S/C12H15BrFN3S/c1-7(6-18-2)5-17-11-4-9(14)8(13)3-10(11)16-12(17)15/h3-4,7H,5-6H2,1-2H3,(H2,15,16). The van der Waals surface area contributed by atoms with E-state index in [1.807, 2.05) is 4.57 Å². The van der Waals surface area contributed by atoms with E-state index < -0.39 is 0 Å². The monoisotopic (exact) mass is 331 g/mol. The first-order valence-corrected chi connectivity index (χ1v) is 7.81. The number of aromatic nitrogens is 2. The number of hydrogen-bond donors (Lipinski definition) is 1. The summed E-state index contributed by atoms with van der Waals surface area (Å²) in [5.41, 5.74) is 7.38. The molecule has 0 saturated carbocycles. The molecule has 18 heavy (non-hydrogen) atoms. The highest BCUT2D eigenvalue weighted by atomic mass is 79.9. The highest BCUT2D eigenvalue weighted by Gasteiger charge is 2.13. The molecule has 0 aliphatic rings. The number of rotatable bonds is 4. The third-order valence-electron chi connectivity index (χ3n) is 2.77. The van der Waals surface area contributed by atoms with Crippen molar-refractivity contribution in [3.63, 3.8) is 0 Å². The number of hydrogen-bond acceptors (Lipinski definition) is 3. The lowest BCUT2D eigenvalue weighted by atomic mass is 10.2.